The number of tetrazole rings is 1. The fourth-order valence-corrected chi connectivity index (χ4v) is 5.04. The van der Waals surface area contributed by atoms with E-state index in [0.29, 0.717) is 25.0 Å². The van der Waals surface area contributed by atoms with E-state index in [1.807, 2.05) is 60.7 Å². The van der Waals surface area contributed by atoms with Crippen molar-refractivity contribution in [3.05, 3.63) is 72.1 Å². The summed E-state index contributed by atoms with van der Waals surface area (Å²) in [5.41, 5.74) is 1.94. The molecule has 0 unspecified atom stereocenters. The molecule has 1 aromatic heterocycles. The molecule has 2 aliphatic carbocycles. The van der Waals surface area contributed by atoms with Crippen LogP contribution in [0.15, 0.2) is 60.7 Å². The molecule has 2 aliphatic rings. The van der Waals surface area contributed by atoms with Gasteiger partial charge in [0.25, 0.3) is 0 Å². The number of ether oxygens (including phenoxy) is 1. The van der Waals surface area contributed by atoms with E-state index in [0.717, 1.165) is 36.3 Å². The van der Waals surface area contributed by atoms with Gasteiger partial charge in [-0.3, -0.25) is 4.79 Å². The number of carbonyl (C=O) groups is 1. The van der Waals surface area contributed by atoms with Gasteiger partial charge in [0.15, 0.2) is 5.82 Å². The molecule has 0 radical (unpaired) electrons. The van der Waals surface area contributed by atoms with E-state index >= 15 is 0 Å². The van der Waals surface area contributed by atoms with Gasteiger partial charge in [-0.15, -0.1) is 5.10 Å². The average Bonchev–Trinajstić information content (AvgIpc) is 3.53. The molecule has 0 amide bonds. The van der Waals surface area contributed by atoms with Crippen molar-refractivity contribution >= 4 is 5.97 Å². The predicted octanol–water partition coefficient (Wildman–Crippen LogP) is 2.91. The van der Waals surface area contributed by atoms with Crippen LogP contribution in [0.4, 0.5) is 0 Å². The lowest BCUT2D eigenvalue weighted by atomic mass is 9.84. The normalized spacial score (nSPS) is 24.8. The summed E-state index contributed by atoms with van der Waals surface area (Å²) in [6.07, 6.45) is 3.36. The molecule has 0 spiro atoms. The number of rotatable bonds is 7. The van der Waals surface area contributed by atoms with Crippen LogP contribution in [0.3, 0.4) is 0 Å². The van der Waals surface area contributed by atoms with E-state index in [-0.39, 0.29) is 17.9 Å². The van der Waals surface area contributed by atoms with E-state index in [9.17, 15) is 4.79 Å². The number of hydrogen-bond donors (Lipinski definition) is 1. The standard InChI is InChI=1S/C23H25N5O2/c29-23(30-15-16-7-3-1-4-8-16)21-17-11-12-18(13-17)22(21)24-14-20-25-26-27-28(20)19-9-5-2-6-10-19/h1-10,17-18,21-22,24H,11-15H2/t17-,18-,21+,22-/m0/s1. The summed E-state index contributed by atoms with van der Waals surface area (Å²) in [6, 6.07) is 19.8. The minimum Gasteiger partial charge on any atom is -0.461 e. The number of benzene rings is 2. The second kappa shape index (κ2) is 8.36. The maximum Gasteiger partial charge on any atom is 0.311 e. The first kappa shape index (κ1) is 18.9. The third-order valence-corrected chi connectivity index (χ3v) is 6.44. The first-order chi connectivity index (χ1) is 14.8. The Balaban J connectivity index is 1.26. The molecule has 1 N–H and O–H groups in total. The number of para-hydroxylation sites is 1. The van der Waals surface area contributed by atoms with Gasteiger partial charge in [0, 0.05) is 6.04 Å². The van der Waals surface area contributed by atoms with Crippen LogP contribution in [-0.2, 0) is 22.7 Å². The predicted molar refractivity (Wildman–Crippen MR) is 110 cm³/mol. The van der Waals surface area contributed by atoms with Crippen molar-refractivity contribution in [3.63, 3.8) is 0 Å². The largest absolute Gasteiger partial charge is 0.461 e. The van der Waals surface area contributed by atoms with Crippen molar-refractivity contribution in [3.8, 4) is 5.69 Å². The molecule has 2 saturated carbocycles. The zero-order valence-corrected chi connectivity index (χ0v) is 16.7. The molecular weight excluding hydrogens is 378 g/mol. The zero-order valence-electron chi connectivity index (χ0n) is 16.7. The Morgan fingerprint density at radius 1 is 1.03 bits per heavy atom. The molecule has 154 valence electrons. The quantitative estimate of drug-likeness (QED) is 0.611. The van der Waals surface area contributed by atoms with Crippen molar-refractivity contribution in [1.82, 2.24) is 25.5 Å². The monoisotopic (exact) mass is 403 g/mol. The van der Waals surface area contributed by atoms with Crippen molar-refractivity contribution in [1.29, 1.82) is 0 Å². The molecule has 5 rings (SSSR count). The fourth-order valence-electron chi connectivity index (χ4n) is 5.04. The summed E-state index contributed by atoms with van der Waals surface area (Å²) in [5, 5.41) is 15.7. The van der Waals surface area contributed by atoms with Crippen molar-refractivity contribution in [2.24, 2.45) is 17.8 Å². The minimum absolute atomic E-state index is 0.0915. The van der Waals surface area contributed by atoms with Crippen LogP contribution >= 0.6 is 0 Å². The van der Waals surface area contributed by atoms with Gasteiger partial charge in [0.2, 0.25) is 0 Å². The highest BCUT2D eigenvalue weighted by molar-refractivity contribution is 5.74. The molecule has 30 heavy (non-hydrogen) atoms. The number of carbonyl (C=O) groups excluding carboxylic acids is 1. The lowest BCUT2D eigenvalue weighted by molar-refractivity contribution is -0.152. The average molecular weight is 403 g/mol. The molecule has 4 atom stereocenters. The van der Waals surface area contributed by atoms with Gasteiger partial charge in [0.1, 0.15) is 6.61 Å². The second-order valence-corrected chi connectivity index (χ2v) is 8.20. The number of nitrogens with zero attached hydrogens (tertiary/aromatic N) is 4. The molecule has 2 aromatic carbocycles. The summed E-state index contributed by atoms with van der Waals surface area (Å²) in [4.78, 5) is 13.0. The van der Waals surface area contributed by atoms with Crippen LogP contribution in [0.1, 0.15) is 30.7 Å². The fraction of sp³-hybridized carbons (Fsp3) is 0.391. The Bertz CT molecular complexity index is 991. The van der Waals surface area contributed by atoms with Gasteiger partial charge in [0.05, 0.1) is 18.2 Å². The van der Waals surface area contributed by atoms with Gasteiger partial charge in [-0.2, -0.15) is 4.68 Å². The van der Waals surface area contributed by atoms with Crippen molar-refractivity contribution in [2.75, 3.05) is 0 Å². The minimum atomic E-state index is -0.103. The van der Waals surface area contributed by atoms with Gasteiger partial charge >= 0.3 is 5.97 Å². The van der Waals surface area contributed by atoms with Crippen LogP contribution in [0.5, 0.6) is 0 Å². The number of esters is 1. The molecule has 3 aromatic rings. The third kappa shape index (κ3) is 3.73. The summed E-state index contributed by atoms with van der Waals surface area (Å²) < 4.78 is 7.44. The molecule has 0 saturated heterocycles. The highest BCUT2D eigenvalue weighted by atomic mass is 16.5. The van der Waals surface area contributed by atoms with E-state index in [4.69, 9.17) is 4.74 Å². The molecule has 7 heteroatoms. The van der Waals surface area contributed by atoms with Gasteiger partial charge in [-0.05, 0) is 59.2 Å². The highest BCUT2D eigenvalue weighted by Gasteiger charge is 2.51. The molecule has 2 bridgehead atoms. The van der Waals surface area contributed by atoms with E-state index in [2.05, 4.69) is 20.8 Å². The number of hydrogen-bond acceptors (Lipinski definition) is 6. The Hall–Kier alpha value is -3.06. The SMILES string of the molecule is O=C(OCc1ccccc1)[C@@H]1[C@H]2CC[C@@H](C2)[C@@H]1NCc1nnnn1-c1ccccc1. The van der Waals surface area contributed by atoms with Gasteiger partial charge in [-0.1, -0.05) is 48.5 Å². The van der Waals surface area contributed by atoms with Crippen LogP contribution in [0, 0.1) is 17.8 Å². The van der Waals surface area contributed by atoms with Gasteiger partial charge in [-0.25, -0.2) is 0 Å². The van der Waals surface area contributed by atoms with E-state index in [1.165, 1.54) is 0 Å². The summed E-state index contributed by atoms with van der Waals surface area (Å²) in [7, 11) is 0. The highest BCUT2D eigenvalue weighted by Crippen LogP contribution is 2.49. The maximum absolute atomic E-state index is 13.0. The lowest BCUT2D eigenvalue weighted by Gasteiger charge is -2.30. The lowest BCUT2D eigenvalue weighted by Crippen LogP contribution is -2.44. The number of aromatic nitrogens is 4. The summed E-state index contributed by atoms with van der Waals surface area (Å²) >= 11 is 0. The molecular formula is C23H25N5O2. The smallest absolute Gasteiger partial charge is 0.311 e. The topological polar surface area (TPSA) is 81.9 Å². The first-order valence-electron chi connectivity index (χ1n) is 10.6. The van der Waals surface area contributed by atoms with E-state index < -0.39 is 0 Å². The van der Waals surface area contributed by atoms with Crippen LogP contribution in [-0.4, -0.2) is 32.2 Å². The third-order valence-electron chi connectivity index (χ3n) is 6.44. The number of nitrogens with one attached hydrogen (secondary N) is 1. The van der Waals surface area contributed by atoms with Gasteiger partial charge < -0.3 is 10.1 Å². The Morgan fingerprint density at radius 2 is 1.77 bits per heavy atom. The molecule has 1 heterocycles. The molecule has 2 fully saturated rings. The Morgan fingerprint density at radius 3 is 2.57 bits per heavy atom. The van der Waals surface area contributed by atoms with Crippen LogP contribution < -0.4 is 5.32 Å². The Labute approximate surface area is 175 Å². The summed E-state index contributed by atoms with van der Waals surface area (Å²) in [5.74, 6) is 1.45. The van der Waals surface area contributed by atoms with Crippen molar-refractivity contribution < 1.29 is 9.53 Å². The zero-order chi connectivity index (χ0) is 20.3. The second-order valence-electron chi connectivity index (χ2n) is 8.20. The molecule has 7 nitrogen and oxygen atoms in total. The van der Waals surface area contributed by atoms with Crippen LogP contribution in [0.25, 0.3) is 5.69 Å². The Kier molecular flexibility index (Phi) is 5.27. The summed E-state index contributed by atoms with van der Waals surface area (Å²) in [6.45, 7) is 0.838. The van der Waals surface area contributed by atoms with Crippen molar-refractivity contribution in [2.45, 2.75) is 38.5 Å². The molecule has 0 aliphatic heterocycles. The first-order valence-corrected chi connectivity index (χ1v) is 10.6. The maximum atomic E-state index is 13.0. The van der Waals surface area contributed by atoms with E-state index in [1.54, 1.807) is 4.68 Å². The van der Waals surface area contributed by atoms with Crippen LogP contribution in [0.2, 0.25) is 0 Å². The number of fused-ring (bicyclic) bond motifs is 2.